The van der Waals surface area contributed by atoms with Gasteiger partial charge in [0.2, 0.25) is 5.91 Å². The second-order valence-electron chi connectivity index (χ2n) is 10.2. The Labute approximate surface area is 203 Å². The molecule has 1 unspecified atom stereocenters. The van der Waals surface area contributed by atoms with E-state index >= 15 is 0 Å². The highest BCUT2D eigenvalue weighted by Gasteiger charge is 2.23. The van der Waals surface area contributed by atoms with E-state index in [1.165, 1.54) is 68.2 Å². The van der Waals surface area contributed by atoms with Crippen molar-refractivity contribution in [3.05, 3.63) is 59.4 Å². The predicted molar refractivity (Wildman–Crippen MR) is 141 cm³/mol. The number of carbonyl (C=O) groups is 1. The predicted octanol–water partition coefficient (Wildman–Crippen LogP) is 8.14. The van der Waals surface area contributed by atoms with Crippen molar-refractivity contribution in [2.45, 2.75) is 118 Å². The fourth-order valence-corrected chi connectivity index (χ4v) is 4.48. The molecule has 0 aliphatic carbocycles. The van der Waals surface area contributed by atoms with E-state index in [1.807, 2.05) is 0 Å². The largest absolute Gasteiger partial charge is 0.345 e. The van der Waals surface area contributed by atoms with Gasteiger partial charge >= 0.3 is 0 Å². The van der Waals surface area contributed by atoms with Crippen LogP contribution in [0.4, 0.5) is 0 Å². The standard InChI is InChI=1S/C30H48N2O/c1-6-7-8-9-10-11-12-13-14-20-30(33)32(27(5)25(2)3)24-29-19-16-21-31(29)23-28-18-15-17-26(4)22-28/h15-19,21-22,25,27H,6-14,20,23-24H2,1-5H3. The quantitative estimate of drug-likeness (QED) is 0.236. The van der Waals surface area contributed by atoms with Crippen LogP contribution in [0.1, 0.15) is 109 Å². The number of aryl methyl sites for hydroxylation is 1. The summed E-state index contributed by atoms with van der Waals surface area (Å²) >= 11 is 0. The van der Waals surface area contributed by atoms with Gasteiger partial charge in [-0.1, -0.05) is 102 Å². The third-order valence-electron chi connectivity index (χ3n) is 6.96. The van der Waals surface area contributed by atoms with E-state index in [4.69, 9.17) is 0 Å². The Balaban J connectivity index is 1.89. The molecule has 0 aliphatic heterocycles. The molecule has 1 heterocycles. The van der Waals surface area contributed by atoms with Crippen LogP contribution >= 0.6 is 0 Å². The molecular formula is C30H48N2O. The maximum atomic E-state index is 13.3. The van der Waals surface area contributed by atoms with Crippen LogP contribution in [0.3, 0.4) is 0 Å². The summed E-state index contributed by atoms with van der Waals surface area (Å²) in [6.45, 7) is 12.6. The third kappa shape index (κ3) is 9.78. The lowest BCUT2D eigenvalue weighted by molar-refractivity contribution is -0.135. The highest BCUT2D eigenvalue weighted by atomic mass is 16.2. The first-order chi connectivity index (χ1) is 15.9. The van der Waals surface area contributed by atoms with Crippen LogP contribution in [0, 0.1) is 12.8 Å². The van der Waals surface area contributed by atoms with Gasteiger partial charge in [-0.25, -0.2) is 0 Å². The Morgan fingerprint density at radius 2 is 1.58 bits per heavy atom. The average molecular weight is 453 g/mol. The Bertz CT molecular complexity index is 807. The first-order valence-corrected chi connectivity index (χ1v) is 13.4. The Hall–Kier alpha value is -2.03. The van der Waals surface area contributed by atoms with E-state index in [9.17, 15) is 4.79 Å². The zero-order chi connectivity index (χ0) is 24.1. The van der Waals surface area contributed by atoms with Crippen LogP contribution in [-0.4, -0.2) is 21.4 Å². The lowest BCUT2D eigenvalue weighted by Crippen LogP contribution is -2.41. The Morgan fingerprint density at radius 1 is 0.909 bits per heavy atom. The first-order valence-electron chi connectivity index (χ1n) is 13.4. The van der Waals surface area contributed by atoms with Crippen molar-refractivity contribution in [2.24, 2.45) is 5.92 Å². The van der Waals surface area contributed by atoms with E-state index in [-0.39, 0.29) is 6.04 Å². The number of rotatable bonds is 16. The monoisotopic (exact) mass is 452 g/mol. The molecule has 0 radical (unpaired) electrons. The molecule has 184 valence electrons. The number of hydrogen-bond donors (Lipinski definition) is 0. The number of benzene rings is 1. The molecule has 1 amide bonds. The fourth-order valence-electron chi connectivity index (χ4n) is 4.48. The molecule has 0 bridgehead atoms. The van der Waals surface area contributed by atoms with E-state index in [0.29, 0.717) is 24.8 Å². The lowest BCUT2D eigenvalue weighted by Gasteiger charge is -2.32. The Kier molecular flexibility index (Phi) is 12.4. The Morgan fingerprint density at radius 3 is 2.21 bits per heavy atom. The van der Waals surface area contributed by atoms with Crippen LogP contribution < -0.4 is 0 Å². The van der Waals surface area contributed by atoms with Gasteiger partial charge in [-0.3, -0.25) is 4.79 Å². The summed E-state index contributed by atoms with van der Waals surface area (Å²) < 4.78 is 2.29. The van der Waals surface area contributed by atoms with Crippen LogP contribution in [-0.2, 0) is 17.9 Å². The van der Waals surface area contributed by atoms with Gasteiger partial charge < -0.3 is 9.47 Å². The van der Waals surface area contributed by atoms with Crippen molar-refractivity contribution in [1.82, 2.24) is 9.47 Å². The molecular weight excluding hydrogens is 404 g/mol. The van der Waals surface area contributed by atoms with E-state index in [1.54, 1.807) is 0 Å². The number of unbranched alkanes of at least 4 members (excludes halogenated alkanes) is 8. The van der Waals surface area contributed by atoms with Crippen LogP contribution in [0.5, 0.6) is 0 Å². The van der Waals surface area contributed by atoms with Crippen LogP contribution in [0.25, 0.3) is 0 Å². The summed E-state index contributed by atoms with van der Waals surface area (Å²) in [5, 5.41) is 0. The van der Waals surface area contributed by atoms with Crippen LogP contribution in [0.2, 0.25) is 0 Å². The van der Waals surface area contributed by atoms with Crippen molar-refractivity contribution in [3.8, 4) is 0 Å². The zero-order valence-corrected chi connectivity index (χ0v) is 22.0. The average Bonchev–Trinajstić information content (AvgIpc) is 3.22. The molecule has 0 spiro atoms. The molecule has 0 N–H and O–H groups in total. The number of aromatic nitrogens is 1. The van der Waals surface area contributed by atoms with Gasteiger partial charge in [0.15, 0.2) is 0 Å². The van der Waals surface area contributed by atoms with E-state index < -0.39 is 0 Å². The third-order valence-corrected chi connectivity index (χ3v) is 6.96. The lowest BCUT2D eigenvalue weighted by atomic mass is 10.0. The van der Waals surface area contributed by atoms with E-state index in [0.717, 1.165) is 13.0 Å². The second kappa shape index (κ2) is 15.0. The molecule has 3 heteroatoms. The molecule has 1 aromatic carbocycles. The molecule has 33 heavy (non-hydrogen) atoms. The van der Waals surface area contributed by atoms with Gasteiger partial charge in [-0.2, -0.15) is 0 Å². The smallest absolute Gasteiger partial charge is 0.223 e. The first kappa shape index (κ1) is 27.2. The maximum absolute atomic E-state index is 13.3. The second-order valence-corrected chi connectivity index (χ2v) is 10.2. The summed E-state index contributed by atoms with van der Waals surface area (Å²) in [6.07, 6.45) is 14.4. The highest BCUT2D eigenvalue weighted by Crippen LogP contribution is 2.19. The van der Waals surface area contributed by atoms with Gasteiger partial charge in [-0.15, -0.1) is 0 Å². The summed E-state index contributed by atoms with van der Waals surface area (Å²) in [6, 6.07) is 13.2. The van der Waals surface area contributed by atoms with Gasteiger partial charge in [0.1, 0.15) is 0 Å². The zero-order valence-electron chi connectivity index (χ0n) is 22.0. The normalized spacial score (nSPS) is 12.3. The molecule has 0 aliphatic rings. The molecule has 2 aromatic rings. The maximum Gasteiger partial charge on any atom is 0.223 e. The number of amides is 1. The van der Waals surface area contributed by atoms with Gasteiger partial charge in [-0.05, 0) is 43.9 Å². The van der Waals surface area contributed by atoms with Gasteiger partial charge in [0.05, 0.1) is 6.54 Å². The molecule has 3 nitrogen and oxygen atoms in total. The molecule has 1 aromatic heterocycles. The van der Waals surface area contributed by atoms with Crippen molar-refractivity contribution in [2.75, 3.05) is 0 Å². The minimum absolute atomic E-state index is 0.235. The SMILES string of the molecule is CCCCCCCCCCCC(=O)N(Cc1cccn1Cc1cccc(C)c1)C(C)C(C)C. The molecule has 1 atom stereocenters. The topological polar surface area (TPSA) is 25.2 Å². The minimum Gasteiger partial charge on any atom is -0.345 e. The summed E-state index contributed by atoms with van der Waals surface area (Å²) in [5.74, 6) is 0.750. The summed E-state index contributed by atoms with van der Waals surface area (Å²) in [4.78, 5) is 15.4. The number of carbonyl (C=O) groups excluding carboxylic acids is 1. The molecule has 2 rings (SSSR count). The van der Waals surface area contributed by atoms with Crippen molar-refractivity contribution in [3.63, 3.8) is 0 Å². The van der Waals surface area contributed by atoms with Crippen molar-refractivity contribution < 1.29 is 4.79 Å². The molecule has 0 saturated heterocycles. The molecule has 0 saturated carbocycles. The van der Waals surface area contributed by atoms with Gasteiger partial charge in [0, 0.05) is 30.9 Å². The van der Waals surface area contributed by atoms with Crippen molar-refractivity contribution in [1.29, 1.82) is 0 Å². The highest BCUT2D eigenvalue weighted by molar-refractivity contribution is 5.76. The summed E-state index contributed by atoms with van der Waals surface area (Å²) in [7, 11) is 0. The van der Waals surface area contributed by atoms with Crippen LogP contribution in [0.15, 0.2) is 42.6 Å². The molecule has 0 fully saturated rings. The van der Waals surface area contributed by atoms with Gasteiger partial charge in [0.25, 0.3) is 0 Å². The fraction of sp³-hybridized carbons (Fsp3) is 0.633. The number of nitrogens with zero attached hydrogens (tertiary/aromatic N) is 2. The number of hydrogen-bond acceptors (Lipinski definition) is 1. The van der Waals surface area contributed by atoms with Crippen molar-refractivity contribution >= 4 is 5.91 Å². The minimum atomic E-state index is 0.235. The summed E-state index contributed by atoms with van der Waals surface area (Å²) in [5.41, 5.74) is 3.80. The van der Waals surface area contributed by atoms with E-state index in [2.05, 4.69) is 86.7 Å².